The topological polar surface area (TPSA) is 110 Å². The van der Waals surface area contributed by atoms with E-state index in [1.165, 1.54) is 0 Å². The van der Waals surface area contributed by atoms with Crippen molar-refractivity contribution < 1.29 is 29.3 Å². The monoisotopic (exact) mass is 305 g/mol. The second-order valence-electron chi connectivity index (χ2n) is 5.05. The summed E-state index contributed by atoms with van der Waals surface area (Å²) in [5.41, 5.74) is 0.711. The summed E-state index contributed by atoms with van der Waals surface area (Å²) in [5, 5.41) is 22.3. The van der Waals surface area contributed by atoms with Crippen molar-refractivity contribution in [3.63, 3.8) is 0 Å². The molecule has 7 heteroatoms. The van der Waals surface area contributed by atoms with E-state index in [-0.39, 0.29) is 19.4 Å². The lowest BCUT2D eigenvalue weighted by Gasteiger charge is -2.41. The van der Waals surface area contributed by atoms with Gasteiger partial charge < -0.3 is 24.5 Å². The van der Waals surface area contributed by atoms with Crippen LogP contribution in [-0.4, -0.2) is 35.0 Å². The Morgan fingerprint density at radius 1 is 1.05 bits per heavy atom. The lowest BCUT2D eigenvalue weighted by Crippen LogP contribution is -2.61. The molecule has 0 N–H and O–H groups in total. The Kier molecular flexibility index (Phi) is 4.98. The molecule has 2 unspecified atom stereocenters. The number of ether oxygens (including phenoxy) is 1. The second kappa shape index (κ2) is 6.93. The summed E-state index contributed by atoms with van der Waals surface area (Å²) in [4.78, 5) is 35.1. The van der Waals surface area contributed by atoms with Crippen molar-refractivity contribution in [3.05, 3.63) is 35.9 Å². The molecule has 1 fully saturated rings. The summed E-state index contributed by atoms with van der Waals surface area (Å²) < 4.78 is 5.03. The maximum atomic E-state index is 12.1. The Labute approximate surface area is 127 Å². The summed E-state index contributed by atoms with van der Waals surface area (Å²) >= 11 is 0. The highest BCUT2D eigenvalue weighted by Crippen LogP contribution is 2.24. The van der Waals surface area contributed by atoms with Gasteiger partial charge in [0.2, 0.25) is 0 Å². The number of hydrogen-bond acceptors (Lipinski definition) is 6. The minimum atomic E-state index is -1.50. The van der Waals surface area contributed by atoms with Crippen LogP contribution in [-0.2, 0) is 20.9 Å². The lowest BCUT2D eigenvalue weighted by molar-refractivity contribution is -0.319. The molecule has 0 radical (unpaired) electrons. The predicted molar refractivity (Wildman–Crippen MR) is 69.9 cm³/mol. The first kappa shape index (κ1) is 15.8. The molecule has 2 rings (SSSR count). The van der Waals surface area contributed by atoms with E-state index in [1.807, 2.05) is 0 Å². The average molecular weight is 305 g/mol. The molecular weight excluding hydrogens is 290 g/mol. The Morgan fingerprint density at radius 3 is 2.09 bits per heavy atom. The number of benzene rings is 1. The zero-order valence-electron chi connectivity index (χ0n) is 11.8. The van der Waals surface area contributed by atoms with Gasteiger partial charge in [0, 0.05) is 0 Å². The first-order valence-electron chi connectivity index (χ1n) is 6.91. The van der Waals surface area contributed by atoms with Gasteiger partial charge in [-0.15, -0.1) is 0 Å². The van der Waals surface area contributed by atoms with Crippen LogP contribution in [0.25, 0.3) is 0 Å². The number of aliphatic carboxylic acids is 2. The Hall–Kier alpha value is -2.57. The lowest BCUT2D eigenvalue weighted by atomic mass is 9.96. The molecule has 1 aromatic rings. The van der Waals surface area contributed by atoms with Crippen molar-refractivity contribution in [1.29, 1.82) is 0 Å². The minimum Gasteiger partial charge on any atom is -0.548 e. The molecule has 0 bridgehead atoms. The van der Waals surface area contributed by atoms with Crippen LogP contribution in [0.15, 0.2) is 30.3 Å². The van der Waals surface area contributed by atoms with Gasteiger partial charge in [0.1, 0.15) is 6.61 Å². The first-order chi connectivity index (χ1) is 10.5. The zero-order chi connectivity index (χ0) is 16.1. The van der Waals surface area contributed by atoms with Crippen molar-refractivity contribution in [2.24, 2.45) is 0 Å². The fourth-order valence-corrected chi connectivity index (χ4v) is 2.51. The number of carbonyl (C=O) groups is 3. The fourth-order valence-electron chi connectivity index (χ4n) is 2.51. The van der Waals surface area contributed by atoms with Crippen LogP contribution in [0.3, 0.4) is 0 Å². The van der Waals surface area contributed by atoms with Crippen molar-refractivity contribution in [2.45, 2.75) is 38.0 Å². The van der Waals surface area contributed by atoms with E-state index in [4.69, 9.17) is 4.74 Å². The van der Waals surface area contributed by atoms with Crippen molar-refractivity contribution in [1.82, 2.24) is 4.90 Å². The van der Waals surface area contributed by atoms with Crippen LogP contribution < -0.4 is 10.2 Å². The van der Waals surface area contributed by atoms with E-state index in [0.717, 1.165) is 0 Å². The summed E-state index contributed by atoms with van der Waals surface area (Å²) in [6, 6.07) is 6.15. The highest BCUT2D eigenvalue weighted by Gasteiger charge is 2.36. The van der Waals surface area contributed by atoms with Gasteiger partial charge in [0.15, 0.2) is 0 Å². The zero-order valence-corrected chi connectivity index (χ0v) is 11.8. The molecule has 1 heterocycles. The molecule has 7 nitrogen and oxygen atoms in total. The van der Waals surface area contributed by atoms with Gasteiger partial charge in [-0.2, -0.15) is 0 Å². The van der Waals surface area contributed by atoms with Crippen LogP contribution in [0.4, 0.5) is 4.79 Å². The summed E-state index contributed by atoms with van der Waals surface area (Å²) in [5.74, 6) is -3.00. The summed E-state index contributed by atoms with van der Waals surface area (Å²) in [6.45, 7) is -0.0737. The molecule has 0 saturated carbocycles. The highest BCUT2D eigenvalue weighted by atomic mass is 16.6. The number of piperidine rings is 1. The molecule has 1 saturated heterocycles. The Balaban J connectivity index is 2.11. The Morgan fingerprint density at radius 2 is 1.59 bits per heavy atom. The number of carbonyl (C=O) groups excluding carboxylic acids is 3. The second-order valence-corrected chi connectivity index (χ2v) is 5.05. The van der Waals surface area contributed by atoms with Gasteiger partial charge in [-0.05, 0) is 24.8 Å². The molecule has 22 heavy (non-hydrogen) atoms. The number of hydrogen-bond donors (Lipinski definition) is 0. The number of likely N-dealkylation sites (tertiary alicyclic amines) is 1. The van der Waals surface area contributed by atoms with Gasteiger partial charge in [0.25, 0.3) is 0 Å². The largest absolute Gasteiger partial charge is 0.548 e. The van der Waals surface area contributed by atoms with E-state index < -0.39 is 30.1 Å². The van der Waals surface area contributed by atoms with E-state index >= 15 is 0 Å². The van der Waals surface area contributed by atoms with Crippen LogP contribution in [0.2, 0.25) is 0 Å². The molecular formula is C15H15NO6-2. The maximum Gasteiger partial charge on any atom is 0.411 e. The van der Waals surface area contributed by atoms with Crippen LogP contribution >= 0.6 is 0 Å². The molecule has 2 atom stereocenters. The van der Waals surface area contributed by atoms with Crippen LogP contribution in [0.1, 0.15) is 24.8 Å². The standard InChI is InChI=1S/C15H17NO6/c17-13(18)11-7-4-8-12(14(19)20)16(11)15(21)22-9-10-5-2-1-3-6-10/h1-3,5-6,11-12H,4,7-9H2,(H,17,18)(H,19,20)/p-2. The number of carboxylic acid groups (broad SMARTS) is 2. The van der Waals surface area contributed by atoms with Crippen molar-refractivity contribution in [3.8, 4) is 0 Å². The number of amides is 1. The van der Waals surface area contributed by atoms with Gasteiger partial charge in [-0.1, -0.05) is 30.3 Å². The normalized spacial score (nSPS) is 21.2. The van der Waals surface area contributed by atoms with Gasteiger partial charge >= 0.3 is 6.09 Å². The van der Waals surface area contributed by atoms with Crippen molar-refractivity contribution in [2.75, 3.05) is 0 Å². The van der Waals surface area contributed by atoms with Gasteiger partial charge in [0.05, 0.1) is 24.0 Å². The first-order valence-corrected chi connectivity index (χ1v) is 6.91. The van der Waals surface area contributed by atoms with Gasteiger partial charge in [-0.3, -0.25) is 4.90 Å². The highest BCUT2D eigenvalue weighted by molar-refractivity contribution is 5.84. The van der Waals surface area contributed by atoms with E-state index in [0.29, 0.717) is 16.9 Å². The molecule has 1 amide bonds. The third kappa shape index (κ3) is 3.55. The third-order valence-electron chi connectivity index (χ3n) is 3.59. The SMILES string of the molecule is O=C([O-])C1CCCC(C(=O)[O-])N1C(=O)OCc1ccccc1. The van der Waals surface area contributed by atoms with E-state index in [1.54, 1.807) is 30.3 Å². The van der Waals surface area contributed by atoms with Gasteiger partial charge in [-0.25, -0.2) is 4.79 Å². The molecule has 0 spiro atoms. The molecule has 0 aromatic heterocycles. The quantitative estimate of drug-likeness (QED) is 0.709. The predicted octanol–water partition coefficient (Wildman–Crippen LogP) is -0.954. The maximum absolute atomic E-state index is 12.1. The molecule has 118 valence electrons. The Bertz CT molecular complexity index is 536. The number of nitrogens with zero attached hydrogens (tertiary/aromatic N) is 1. The number of carboxylic acids is 2. The van der Waals surface area contributed by atoms with Crippen LogP contribution in [0, 0.1) is 0 Å². The van der Waals surface area contributed by atoms with E-state index in [2.05, 4.69) is 0 Å². The van der Waals surface area contributed by atoms with Crippen LogP contribution in [0.5, 0.6) is 0 Å². The summed E-state index contributed by atoms with van der Waals surface area (Å²) in [6.07, 6.45) is -0.370. The van der Waals surface area contributed by atoms with Crippen molar-refractivity contribution >= 4 is 18.0 Å². The smallest absolute Gasteiger partial charge is 0.411 e. The molecule has 1 aromatic carbocycles. The minimum absolute atomic E-state index is 0.0737. The fraction of sp³-hybridized carbons (Fsp3) is 0.400. The third-order valence-corrected chi connectivity index (χ3v) is 3.59. The summed E-state index contributed by atoms with van der Waals surface area (Å²) in [7, 11) is 0. The molecule has 0 aliphatic carbocycles. The molecule has 1 aliphatic heterocycles. The number of rotatable bonds is 4. The van der Waals surface area contributed by atoms with E-state index in [9.17, 15) is 24.6 Å². The molecule has 1 aliphatic rings. The average Bonchev–Trinajstić information content (AvgIpc) is 2.52.